The van der Waals surface area contributed by atoms with Crippen LogP contribution < -0.4 is 10.6 Å². The van der Waals surface area contributed by atoms with Crippen molar-refractivity contribution in [2.75, 3.05) is 37.3 Å². The largest absolute Gasteiger partial charge is 0.447 e. The predicted octanol–water partition coefficient (Wildman–Crippen LogP) is 3.40. The van der Waals surface area contributed by atoms with Gasteiger partial charge in [-0.25, -0.2) is 4.98 Å². The Morgan fingerprint density at radius 3 is 2.61 bits per heavy atom. The summed E-state index contributed by atoms with van der Waals surface area (Å²) in [4.78, 5) is 51.1. The molecule has 11 heteroatoms. The first-order valence-corrected chi connectivity index (χ1v) is 12.4. The lowest BCUT2D eigenvalue weighted by Crippen LogP contribution is -2.53. The molecule has 3 amide bonds. The zero-order valence-electron chi connectivity index (χ0n) is 19.9. The minimum absolute atomic E-state index is 0.0504. The van der Waals surface area contributed by atoms with Gasteiger partial charge in [0.05, 0.1) is 11.6 Å². The molecule has 0 unspecified atom stereocenters. The van der Waals surface area contributed by atoms with Gasteiger partial charge in [0.2, 0.25) is 17.6 Å². The zero-order valence-corrected chi connectivity index (χ0v) is 20.6. The van der Waals surface area contributed by atoms with Crippen LogP contribution in [0.3, 0.4) is 0 Å². The molecule has 0 spiro atoms. The van der Waals surface area contributed by atoms with Gasteiger partial charge >= 0.3 is 0 Å². The average Bonchev–Trinajstić information content (AvgIpc) is 3.24. The van der Waals surface area contributed by atoms with Crippen LogP contribution in [0.4, 0.5) is 11.5 Å². The fraction of sp³-hybridized carbons (Fsp3) is 0.400. The van der Waals surface area contributed by atoms with Gasteiger partial charge in [0.25, 0.3) is 5.91 Å². The first-order valence-electron chi connectivity index (χ1n) is 12.0. The summed E-state index contributed by atoms with van der Waals surface area (Å²) in [7, 11) is 1.95. The van der Waals surface area contributed by atoms with Gasteiger partial charge in [0.15, 0.2) is 5.58 Å². The van der Waals surface area contributed by atoms with Crippen molar-refractivity contribution in [3.8, 4) is 0 Å². The Morgan fingerprint density at radius 1 is 1.08 bits per heavy atom. The molecule has 0 atom stereocenters. The van der Waals surface area contributed by atoms with Crippen LogP contribution >= 0.6 is 11.6 Å². The maximum absolute atomic E-state index is 13.2. The van der Waals surface area contributed by atoms with Gasteiger partial charge in [-0.15, -0.1) is 0 Å². The number of hydrogen-bond acceptors (Lipinski definition) is 7. The second kappa shape index (κ2) is 10.2. The highest BCUT2D eigenvalue weighted by atomic mass is 35.5. The number of amides is 3. The molecule has 36 heavy (non-hydrogen) atoms. The molecule has 3 aromatic rings. The summed E-state index contributed by atoms with van der Waals surface area (Å²) in [5, 5.41) is 6.01. The number of nitrogens with zero attached hydrogens (tertiary/aromatic N) is 4. The van der Waals surface area contributed by atoms with E-state index in [2.05, 4.69) is 20.6 Å². The molecule has 2 aliphatic rings. The summed E-state index contributed by atoms with van der Waals surface area (Å²) in [5.74, 6) is -0.581. The lowest BCUT2D eigenvalue weighted by molar-refractivity contribution is -0.139. The Kier molecular flexibility index (Phi) is 6.88. The summed E-state index contributed by atoms with van der Waals surface area (Å²) in [6.07, 6.45) is 5.87. The van der Waals surface area contributed by atoms with E-state index in [1.807, 2.05) is 16.8 Å². The van der Waals surface area contributed by atoms with Gasteiger partial charge in [-0.1, -0.05) is 11.6 Å². The maximum atomic E-state index is 13.2. The van der Waals surface area contributed by atoms with E-state index >= 15 is 0 Å². The van der Waals surface area contributed by atoms with Crippen LogP contribution in [0.1, 0.15) is 36.2 Å². The van der Waals surface area contributed by atoms with Crippen LogP contribution in [0.2, 0.25) is 5.02 Å². The van der Waals surface area contributed by atoms with E-state index in [-0.39, 0.29) is 35.2 Å². The van der Waals surface area contributed by atoms with E-state index in [0.29, 0.717) is 41.3 Å². The molecule has 1 aliphatic carbocycles. The fourth-order valence-electron chi connectivity index (χ4n) is 4.89. The fourth-order valence-corrected chi connectivity index (χ4v) is 5.00. The van der Waals surface area contributed by atoms with E-state index in [9.17, 15) is 14.4 Å². The number of likely N-dealkylation sites (N-methyl/N-ethyl adjacent to an activating group) is 1. The van der Waals surface area contributed by atoms with Crippen molar-refractivity contribution in [3.63, 3.8) is 0 Å². The Labute approximate surface area is 213 Å². The SMILES string of the molecule is CN1CCN(C2CCC(C(=O)Nc3c(C(=O)Nc4ccc(Cl)cn4)oc4cccnc34)CC2)C(=O)C1. The first kappa shape index (κ1) is 24.2. The Balaban J connectivity index is 1.29. The third kappa shape index (κ3) is 5.05. The monoisotopic (exact) mass is 510 g/mol. The van der Waals surface area contributed by atoms with Gasteiger partial charge in [0, 0.05) is 37.4 Å². The highest BCUT2D eigenvalue weighted by Gasteiger charge is 2.34. The number of rotatable bonds is 5. The molecule has 0 aromatic carbocycles. The summed E-state index contributed by atoms with van der Waals surface area (Å²) >= 11 is 5.87. The third-order valence-corrected chi connectivity index (χ3v) is 7.05. The number of pyridine rings is 2. The molecule has 1 saturated carbocycles. The Bertz CT molecular complexity index is 1290. The Morgan fingerprint density at radius 2 is 1.89 bits per heavy atom. The molecule has 10 nitrogen and oxygen atoms in total. The zero-order chi connectivity index (χ0) is 25.2. The third-order valence-electron chi connectivity index (χ3n) is 6.83. The van der Waals surface area contributed by atoms with Gasteiger partial charge in [-0.05, 0) is 57.0 Å². The van der Waals surface area contributed by atoms with Crippen LogP contribution in [0, 0.1) is 5.92 Å². The van der Waals surface area contributed by atoms with E-state index < -0.39 is 5.91 Å². The molecule has 0 radical (unpaired) electrons. The number of aromatic nitrogens is 2. The van der Waals surface area contributed by atoms with Crippen molar-refractivity contribution >= 4 is 51.9 Å². The number of furan rings is 1. The molecule has 0 bridgehead atoms. The summed E-state index contributed by atoms with van der Waals surface area (Å²) in [6, 6.07) is 6.73. The van der Waals surface area contributed by atoms with Crippen molar-refractivity contribution in [1.29, 1.82) is 0 Å². The van der Waals surface area contributed by atoms with Gasteiger partial charge < -0.3 is 20.0 Å². The van der Waals surface area contributed by atoms with Crippen molar-refractivity contribution < 1.29 is 18.8 Å². The highest BCUT2D eigenvalue weighted by Crippen LogP contribution is 2.33. The summed E-state index contributed by atoms with van der Waals surface area (Å²) < 4.78 is 5.77. The normalized spacial score (nSPS) is 20.9. The van der Waals surface area contributed by atoms with E-state index in [4.69, 9.17) is 16.0 Å². The quantitative estimate of drug-likeness (QED) is 0.539. The highest BCUT2D eigenvalue weighted by molar-refractivity contribution is 6.30. The molecule has 188 valence electrons. The smallest absolute Gasteiger partial charge is 0.294 e. The van der Waals surface area contributed by atoms with Crippen molar-refractivity contribution in [2.24, 2.45) is 5.92 Å². The number of piperazine rings is 1. The van der Waals surface area contributed by atoms with Gasteiger partial charge in [0.1, 0.15) is 17.0 Å². The first-order chi connectivity index (χ1) is 17.4. The van der Waals surface area contributed by atoms with Gasteiger partial charge in [-0.3, -0.25) is 24.3 Å². The topological polar surface area (TPSA) is 121 Å². The van der Waals surface area contributed by atoms with Crippen LogP contribution in [0.15, 0.2) is 41.1 Å². The van der Waals surface area contributed by atoms with Crippen molar-refractivity contribution in [2.45, 2.75) is 31.7 Å². The van der Waals surface area contributed by atoms with E-state index in [1.165, 1.54) is 6.20 Å². The molecule has 3 aromatic heterocycles. The van der Waals surface area contributed by atoms with Crippen LogP contribution in [0.25, 0.3) is 11.1 Å². The minimum Gasteiger partial charge on any atom is -0.447 e. The molecular formula is C25H27ClN6O4. The minimum atomic E-state index is -0.560. The number of carbonyl (C=O) groups is 3. The standard InChI is InChI=1S/C25H27ClN6O4/c1-31-11-12-32(20(33)14-31)17-7-4-15(5-8-17)24(34)30-22-21-18(3-2-10-27-21)36-23(22)25(35)29-19-9-6-16(26)13-28-19/h2-3,6,9-10,13,15,17H,4-5,7-8,11-12,14H2,1H3,(H,30,34)(H,28,29,35). The second-order valence-electron chi connectivity index (χ2n) is 9.29. The van der Waals surface area contributed by atoms with Crippen molar-refractivity contribution in [3.05, 3.63) is 47.4 Å². The molecule has 2 fully saturated rings. The van der Waals surface area contributed by atoms with Crippen LogP contribution in [-0.4, -0.2) is 70.2 Å². The molecule has 1 aliphatic heterocycles. The molecular weight excluding hydrogens is 484 g/mol. The van der Waals surface area contributed by atoms with E-state index in [1.54, 1.807) is 30.5 Å². The Hall–Kier alpha value is -3.50. The summed E-state index contributed by atoms with van der Waals surface area (Å²) in [5.41, 5.74) is 1.02. The molecule has 5 rings (SSSR count). The number of anilines is 2. The number of carbonyl (C=O) groups excluding carboxylic acids is 3. The second-order valence-corrected chi connectivity index (χ2v) is 9.73. The molecule has 1 saturated heterocycles. The molecule has 4 heterocycles. The number of fused-ring (bicyclic) bond motifs is 1. The lowest BCUT2D eigenvalue weighted by Gasteiger charge is -2.40. The number of halogens is 1. The van der Waals surface area contributed by atoms with Crippen LogP contribution in [0.5, 0.6) is 0 Å². The number of hydrogen-bond donors (Lipinski definition) is 2. The van der Waals surface area contributed by atoms with Gasteiger partial charge in [-0.2, -0.15) is 0 Å². The predicted molar refractivity (Wildman–Crippen MR) is 135 cm³/mol. The maximum Gasteiger partial charge on any atom is 0.294 e. The lowest BCUT2D eigenvalue weighted by atomic mass is 9.84. The van der Waals surface area contributed by atoms with Crippen LogP contribution in [-0.2, 0) is 9.59 Å². The average molecular weight is 511 g/mol. The van der Waals surface area contributed by atoms with Crippen molar-refractivity contribution in [1.82, 2.24) is 19.8 Å². The molecule has 2 N–H and O–H groups in total. The van der Waals surface area contributed by atoms with E-state index in [0.717, 1.165) is 25.9 Å². The number of nitrogens with one attached hydrogen (secondary N) is 2. The summed E-state index contributed by atoms with van der Waals surface area (Å²) in [6.45, 7) is 2.03.